The van der Waals surface area contributed by atoms with Gasteiger partial charge >= 0.3 is 0 Å². The van der Waals surface area contributed by atoms with Crippen LogP contribution >= 0.6 is 0 Å². The zero-order chi connectivity index (χ0) is 16.7. The fourth-order valence-electron chi connectivity index (χ4n) is 2.76. The number of hydrogen-bond acceptors (Lipinski definition) is 3. The fraction of sp³-hybridized carbons (Fsp3) is 0.500. The molecule has 1 aromatic heterocycles. The van der Waals surface area contributed by atoms with Gasteiger partial charge in [0.2, 0.25) is 0 Å². The Morgan fingerprint density at radius 1 is 1.27 bits per heavy atom. The van der Waals surface area contributed by atoms with Crippen LogP contribution in [-0.4, -0.2) is 27.1 Å². The van der Waals surface area contributed by atoms with Crippen LogP contribution in [-0.2, 0) is 0 Å². The molecule has 4 heteroatoms. The molecule has 2 N–H and O–H groups in total. The summed E-state index contributed by atoms with van der Waals surface area (Å²) in [5, 5.41) is 21.3. The second-order valence-corrected chi connectivity index (χ2v) is 5.75. The van der Waals surface area contributed by atoms with Crippen LogP contribution in [0.25, 0.3) is 6.08 Å². The normalized spacial score (nSPS) is 15.9. The quantitative estimate of drug-likeness (QED) is 0.642. The molecule has 122 valence electrons. The standard InChI is InChI=1S/C17H24N2O.CH4O/c1-12(2)16(14(4)20)10-17-13(3)11-19(18-17)15-8-6-5-7-9-15;1-2/h10-11,15,20H,1,4-9H2,2-3H3;2H,1H3/b16-10+;. The number of hydrogen-bond donors (Lipinski definition) is 2. The van der Waals surface area contributed by atoms with E-state index in [4.69, 9.17) is 5.11 Å². The van der Waals surface area contributed by atoms with Crippen LogP contribution in [0.2, 0.25) is 0 Å². The van der Waals surface area contributed by atoms with Crippen LogP contribution in [0.5, 0.6) is 0 Å². The average molecular weight is 304 g/mol. The van der Waals surface area contributed by atoms with Crippen LogP contribution in [0.3, 0.4) is 0 Å². The van der Waals surface area contributed by atoms with Gasteiger partial charge in [0, 0.05) is 18.9 Å². The Morgan fingerprint density at radius 3 is 2.36 bits per heavy atom. The predicted octanol–water partition coefficient (Wildman–Crippen LogP) is 4.34. The van der Waals surface area contributed by atoms with E-state index >= 15 is 0 Å². The topological polar surface area (TPSA) is 58.3 Å². The SMILES string of the molecule is C=C(C)/C(=C\c1nn(C2CCCCC2)cc1C)C(=C)O.CO. The maximum atomic E-state index is 9.63. The molecule has 4 nitrogen and oxygen atoms in total. The van der Waals surface area contributed by atoms with E-state index in [2.05, 4.69) is 29.1 Å². The zero-order valence-corrected chi connectivity index (χ0v) is 14.0. The van der Waals surface area contributed by atoms with E-state index in [-0.39, 0.29) is 5.76 Å². The summed E-state index contributed by atoms with van der Waals surface area (Å²) in [4.78, 5) is 0. The van der Waals surface area contributed by atoms with Crippen molar-refractivity contribution in [3.05, 3.63) is 47.5 Å². The van der Waals surface area contributed by atoms with Gasteiger partial charge in [-0.1, -0.05) is 32.4 Å². The minimum atomic E-state index is 0.0455. The number of rotatable bonds is 4. The third-order valence-corrected chi connectivity index (χ3v) is 3.95. The number of aliphatic hydroxyl groups is 2. The second kappa shape index (κ2) is 8.59. The van der Waals surface area contributed by atoms with Gasteiger partial charge in [-0.05, 0) is 43.9 Å². The summed E-state index contributed by atoms with van der Waals surface area (Å²) in [7, 11) is 1.00. The maximum Gasteiger partial charge on any atom is 0.115 e. The molecule has 0 unspecified atom stereocenters. The molecule has 1 fully saturated rings. The van der Waals surface area contributed by atoms with Gasteiger partial charge in [0.1, 0.15) is 5.76 Å². The summed E-state index contributed by atoms with van der Waals surface area (Å²) in [6.45, 7) is 11.4. The van der Waals surface area contributed by atoms with Crippen LogP contribution in [0.4, 0.5) is 0 Å². The summed E-state index contributed by atoms with van der Waals surface area (Å²) in [5.41, 5.74) is 3.48. The molecule has 22 heavy (non-hydrogen) atoms. The van der Waals surface area contributed by atoms with Gasteiger partial charge in [-0.25, -0.2) is 0 Å². The highest BCUT2D eigenvalue weighted by atomic mass is 16.3. The van der Waals surface area contributed by atoms with Gasteiger partial charge in [0.25, 0.3) is 0 Å². The first-order valence-corrected chi connectivity index (χ1v) is 7.75. The van der Waals surface area contributed by atoms with Crippen LogP contribution in [0.15, 0.2) is 36.3 Å². The van der Waals surface area contributed by atoms with Gasteiger partial charge in [0.05, 0.1) is 11.7 Å². The molecule has 1 aromatic rings. The Bertz CT molecular complexity index is 533. The van der Waals surface area contributed by atoms with Crippen LogP contribution in [0.1, 0.15) is 56.3 Å². The third-order valence-electron chi connectivity index (χ3n) is 3.95. The van der Waals surface area contributed by atoms with Crippen molar-refractivity contribution in [2.45, 2.75) is 52.0 Å². The first kappa shape index (κ1) is 18.2. The second-order valence-electron chi connectivity index (χ2n) is 5.75. The maximum absolute atomic E-state index is 9.63. The molecular formula is C18H28N2O2. The minimum Gasteiger partial charge on any atom is -0.508 e. The minimum absolute atomic E-state index is 0.0455. The summed E-state index contributed by atoms with van der Waals surface area (Å²) < 4.78 is 2.09. The van der Waals surface area contributed by atoms with E-state index in [1.807, 2.05) is 19.9 Å². The Morgan fingerprint density at radius 2 is 1.86 bits per heavy atom. The van der Waals surface area contributed by atoms with E-state index in [0.29, 0.717) is 11.6 Å². The largest absolute Gasteiger partial charge is 0.508 e. The highest BCUT2D eigenvalue weighted by Gasteiger charge is 2.17. The van der Waals surface area contributed by atoms with E-state index in [1.165, 1.54) is 32.1 Å². The highest BCUT2D eigenvalue weighted by molar-refractivity contribution is 5.62. The lowest BCUT2D eigenvalue weighted by Crippen LogP contribution is -2.13. The summed E-state index contributed by atoms with van der Waals surface area (Å²) >= 11 is 0. The van der Waals surface area contributed by atoms with Crippen molar-refractivity contribution in [1.29, 1.82) is 0 Å². The first-order valence-electron chi connectivity index (χ1n) is 7.75. The van der Waals surface area contributed by atoms with Crippen molar-refractivity contribution >= 4 is 6.08 Å². The van der Waals surface area contributed by atoms with Crippen molar-refractivity contribution in [3.8, 4) is 0 Å². The van der Waals surface area contributed by atoms with Crippen molar-refractivity contribution < 1.29 is 10.2 Å². The molecule has 0 aromatic carbocycles. The predicted molar refractivity (Wildman–Crippen MR) is 91.8 cm³/mol. The highest BCUT2D eigenvalue weighted by Crippen LogP contribution is 2.29. The van der Waals surface area contributed by atoms with Crippen LogP contribution < -0.4 is 0 Å². The smallest absolute Gasteiger partial charge is 0.115 e. The van der Waals surface area contributed by atoms with Crippen molar-refractivity contribution in [2.75, 3.05) is 7.11 Å². The lowest BCUT2D eigenvalue weighted by molar-refractivity contribution is 0.329. The van der Waals surface area contributed by atoms with E-state index in [9.17, 15) is 5.11 Å². The molecule has 0 bridgehead atoms. The number of aliphatic hydroxyl groups excluding tert-OH is 2. The van der Waals surface area contributed by atoms with Crippen molar-refractivity contribution in [1.82, 2.24) is 9.78 Å². The summed E-state index contributed by atoms with van der Waals surface area (Å²) in [6, 6.07) is 0.523. The van der Waals surface area contributed by atoms with Gasteiger partial charge in [-0.15, -0.1) is 0 Å². The Hall–Kier alpha value is -1.81. The molecule has 1 aliphatic carbocycles. The van der Waals surface area contributed by atoms with E-state index in [0.717, 1.165) is 23.9 Å². The molecule has 0 spiro atoms. The van der Waals surface area contributed by atoms with Gasteiger partial charge in [-0.3, -0.25) is 4.68 Å². The summed E-state index contributed by atoms with van der Waals surface area (Å²) in [5.74, 6) is 0.0455. The Kier molecular flexibility index (Phi) is 7.12. The molecule has 2 rings (SSSR count). The molecule has 1 saturated carbocycles. The number of nitrogens with zero attached hydrogens (tertiary/aromatic N) is 2. The molecule has 1 aliphatic rings. The number of allylic oxidation sites excluding steroid dienone is 1. The Labute approximate surface area is 133 Å². The van der Waals surface area contributed by atoms with Gasteiger partial charge in [0.15, 0.2) is 0 Å². The molecule has 0 atom stereocenters. The van der Waals surface area contributed by atoms with Crippen LogP contribution in [0, 0.1) is 6.92 Å². The van der Waals surface area contributed by atoms with E-state index in [1.54, 1.807) is 0 Å². The molecule has 0 aliphatic heterocycles. The number of aryl methyl sites for hydroxylation is 1. The van der Waals surface area contributed by atoms with Crippen molar-refractivity contribution in [3.63, 3.8) is 0 Å². The fourth-order valence-corrected chi connectivity index (χ4v) is 2.76. The first-order chi connectivity index (χ1) is 10.5. The Balaban J connectivity index is 0.00000116. The third kappa shape index (κ3) is 4.60. The molecule has 1 heterocycles. The molecule has 0 saturated heterocycles. The molecule has 0 amide bonds. The summed E-state index contributed by atoms with van der Waals surface area (Å²) in [6.07, 6.45) is 10.3. The van der Waals surface area contributed by atoms with Gasteiger partial charge in [-0.2, -0.15) is 5.10 Å². The average Bonchev–Trinajstić information content (AvgIpc) is 2.88. The van der Waals surface area contributed by atoms with Crippen molar-refractivity contribution in [2.24, 2.45) is 0 Å². The van der Waals surface area contributed by atoms with E-state index < -0.39 is 0 Å². The lowest BCUT2D eigenvalue weighted by Gasteiger charge is -2.21. The molecular weight excluding hydrogens is 276 g/mol. The monoisotopic (exact) mass is 304 g/mol. The lowest BCUT2D eigenvalue weighted by atomic mass is 9.96. The zero-order valence-electron chi connectivity index (χ0n) is 14.0. The number of aromatic nitrogens is 2. The van der Waals surface area contributed by atoms with Gasteiger partial charge < -0.3 is 10.2 Å². The molecule has 0 radical (unpaired) electrons.